The Morgan fingerprint density at radius 3 is 2.27 bits per heavy atom. The number of fused-ring (bicyclic) bond motifs is 5. The third kappa shape index (κ3) is 4.67. The van der Waals surface area contributed by atoms with E-state index in [1.807, 2.05) is 0 Å². The van der Waals surface area contributed by atoms with Crippen molar-refractivity contribution in [2.24, 2.45) is 58.2 Å². The number of hydrogen-bond acceptors (Lipinski definition) is 2. The van der Waals surface area contributed by atoms with E-state index in [2.05, 4.69) is 41.5 Å². The fourth-order valence-electron chi connectivity index (χ4n) is 10.2. The lowest BCUT2D eigenvalue weighted by atomic mass is 9.44. The normalized spacial score (nSPS) is 44.5. The van der Waals surface area contributed by atoms with Crippen LogP contribution in [0.4, 0.5) is 0 Å². The standard InChI is InChI=1S/C31H54O2/c1-8-23(20(2)3)10-9-21(4)27-13-14-28-26-12-11-24-19-25(33-22(5)32)15-17-30(24,6)29(26)16-18-31(27,28)7/h20-21,23-29H,8-19H2,1-7H3/t21-,23-,24+,25+,26+,27-,28+,29+,30+,31-/m1/s1. The van der Waals surface area contributed by atoms with Crippen molar-refractivity contribution in [2.75, 3.05) is 0 Å². The molecule has 0 N–H and O–H groups in total. The van der Waals surface area contributed by atoms with Gasteiger partial charge in [-0.1, -0.05) is 54.4 Å². The van der Waals surface area contributed by atoms with Crippen molar-refractivity contribution < 1.29 is 9.53 Å². The van der Waals surface area contributed by atoms with E-state index < -0.39 is 0 Å². The van der Waals surface area contributed by atoms with Crippen LogP contribution in [0.1, 0.15) is 126 Å². The molecule has 0 aromatic heterocycles. The van der Waals surface area contributed by atoms with Crippen LogP contribution in [0.2, 0.25) is 0 Å². The van der Waals surface area contributed by atoms with E-state index in [0.717, 1.165) is 60.2 Å². The molecule has 33 heavy (non-hydrogen) atoms. The Kier molecular flexibility index (Phi) is 7.63. The van der Waals surface area contributed by atoms with E-state index >= 15 is 0 Å². The van der Waals surface area contributed by atoms with E-state index in [0.29, 0.717) is 10.8 Å². The van der Waals surface area contributed by atoms with E-state index in [4.69, 9.17) is 4.74 Å². The quantitative estimate of drug-likeness (QED) is 0.357. The van der Waals surface area contributed by atoms with Crippen LogP contribution in [0.15, 0.2) is 0 Å². The van der Waals surface area contributed by atoms with Crippen LogP contribution >= 0.6 is 0 Å². The van der Waals surface area contributed by atoms with E-state index in [-0.39, 0.29) is 12.1 Å². The lowest BCUT2D eigenvalue weighted by Crippen LogP contribution is -2.54. The number of esters is 1. The van der Waals surface area contributed by atoms with Crippen molar-refractivity contribution in [1.82, 2.24) is 0 Å². The molecule has 0 aromatic carbocycles. The summed E-state index contributed by atoms with van der Waals surface area (Å²) in [6, 6.07) is 0. The number of carbonyl (C=O) groups is 1. The molecule has 4 fully saturated rings. The molecule has 2 heteroatoms. The molecule has 2 nitrogen and oxygen atoms in total. The lowest BCUT2D eigenvalue weighted by molar-refractivity contribution is -0.160. The number of rotatable bonds is 7. The van der Waals surface area contributed by atoms with Gasteiger partial charge in [-0.2, -0.15) is 0 Å². The first-order valence-electron chi connectivity index (χ1n) is 14.8. The van der Waals surface area contributed by atoms with Crippen molar-refractivity contribution >= 4 is 5.97 Å². The van der Waals surface area contributed by atoms with Gasteiger partial charge < -0.3 is 4.74 Å². The first-order chi connectivity index (χ1) is 15.6. The van der Waals surface area contributed by atoms with Gasteiger partial charge in [0.25, 0.3) is 0 Å². The summed E-state index contributed by atoms with van der Waals surface area (Å²) >= 11 is 0. The van der Waals surface area contributed by atoms with Gasteiger partial charge in [-0.25, -0.2) is 0 Å². The van der Waals surface area contributed by atoms with Crippen molar-refractivity contribution in [3.8, 4) is 0 Å². The summed E-state index contributed by atoms with van der Waals surface area (Å²) in [6.45, 7) is 16.8. The molecule has 0 heterocycles. The van der Waals surface area contributed by atoms with E-state index in [1.165, 1.54) is 64.2 Å². The van der Waals surface area contributed by atoms with Gasteiger partial charge >= 0.3 is 5.97 Å². The zero-order valence-corrected chi connectivity index (χ0v) is 23.0. The molecule has 4 saturated carbocycles. The fraction of sp³-hybridized carbons (Fsp3) is 0.968. The summed E-state index contributed by atoms with van der Waals surface area (Å²) in [5.74, 6) is 7.06. The zero-order valence-electron chi connectivity index (χ0n) is 23.0. The van der Waals surface area contributed by atoms with Crippen LogP contribution in [-0.4, -0.2) is 12.1 Å². The summed E-state index contributed by atoms with van der Waals surface area (Å²) in [5, 5.41) is 0. The molecule has 10 atom stereocenters. The van der Waals surface area contributed by atoms with Gasteiger partial charge in [0, 0.05) is 6.92 Å². The molecule has 190 valence electrons. The van der Waals surface area contributed by atoms with Crippen LogP contribution in [0, 0.1) is 58.2 Å². The van der Waals surface area contributed by atoms with Crippen LogP contribution < -0.4 is 0 Å². The van der Waals surface area contributed by atoms with E-state index in [1.54, 1.807) is 6.92 Å². The van der Waals surface area contributed by atoms with Crippen molar-refractivity contribution in [3.63, 3.8) is 0 Å². The molecule has 4 rings (SSSR count). The fourth-order valence-corrected chi connectivity index (χ4v) is 10.2. The second-order valence-electron chi connectivity index (χ2n) is 13.9. The van der Waals surface area contributed by atoms with Crippen molar-refractivity contribution in [1.29, 1.82) is 0 Å². The van der Waals surface area contributed by atoms with Gasteiger partial charge in [-0.05, 0) is 122 Å². The summed E-state index contributed by atoms with van der Waals surface area (Å²) in [5.41, 5.74) is 1.06. The molecule has 0 amide bonds. The molecule has 4 aliphatic rings. The molecule has 4 aliphatic carbocycles. The molecular weight excluding hydrogens is 404 g/mol. The molecule has 0 aliphatic heterocycles. The highest BCUT2D eigenvalue weighted by Crippen LogP contribution is 2.68. The highest BCUT2D eigenvalue weighted by atomic mass is 16.5. The maximum Gasteiger partial charge on any atom is 0.302 e. The Hall–Kier alpha value is -0.530. The first kappa shape index (κ1) is 25.6. The van der Waals surface area contributed by atoms with Crippen molar-refractivity contribution in [2.45, 2.75) is 132 Å². The summed E-state index contributed by atoms with van der Waals surface area (Å²) < 4.78 is 5.67. The number of carbonyl (C=O) groups excluding carboxylic acids is 1. The Balaban J connectivity index is 1.42. The smallest absolute Gasteiger partial charge is 0.302 e. The molecule has 0 spiro atoms. The lowest BCUT2D eigenvalue weighted by Gasteiger charge is -2.61. The molecule has 0 unspecified atom stereocenters. The maximum absolute atomic E-state index is 11.5. The average Bonchev–Trinajstić information content (AvgIpc) is 3.11. The van der Waals surface area contributed by atoms with Gasteiger partial charge in [0.05, 0.1) is 0 Å². The molecule has 0 saturated heterocycles. The summed E-state index contributed by atoms with van der Waals surface area (Å²) in [4.78, 5) is 11.5. The minimum Gasteiger partial charge on any atom is -0.463 e. The van der Waals surface area contributed by atoms with Crippen LogP contribution in [0.5, 0.6) is 0 Å². The molecule has 0 radical (unpaired) electrons. The Bertz CT molecular complexity index is 684. The SMILES string of the molecule is CC[C@H](CC[C@@H](C)[C@H]1CC[C@H]2[C@@H]3CC[C@H]4C[C@@H](OC(C)=O)CC[C@]4(C)[C@H]3CC[C@]12C)C(C)C. The Labute approximate surface area is 205 Å². The number of hydrogen-bond donors (Lipinski definition) is 0. The van der Waals surface area contributed by atoms with Gasteiger partial charge in [0.2, 0.25) is 0 Å². The van der Waals surface area contributed by atoms with Crippen LogP contribution in [0.3, 0.4) is 0 Å². The summed E-state index contributed by atoms with van der Waals surface area (Å²) in [7, 11) is 0. The van der Waals surface area contributed by atoms with Crippen LogP contribution in [-0.2, 0) is 9.53 Å². The second-order valence-corrected chi connectivity index (χ2v) is 13.9. The minimum absolute atomic E-state index is 0.0875. The second kappa shape index (κ2) is 9.85. The summed E-state index contributed by atoms with van der Waals surface area (Å²) in [6.07, 6.45) is 16.6. The topological polar surface area (TPSA) is 26.3 Å². The highest BCUT2D eigenvalue weighted by molar-refractivity contribution is 5.66. The number of ether oxygens (including phenoxy) is 1. The first-order valence-corrected chi connectivity index (χ1v) is 14.8. The van der Waals surface area contributed by atoms with Gasteiger partial charge in [-0.15, -0.1) is 0 Å². The van der Waals surface area contributed by atoms with Gasteiger partial charge in [0.1, 0.15) is 6.10 Å². The van der Waals surface area contributed by atoms with Gasteiger partial charge in [0.15, 0.2) is 0 Å². The third-order valence-electron chi connectivity index (χ3n) is 12.2. The van der Waals surface area contributed by atoms with Gasteiger partial charge in [-0.3, -0.25) is 4.79 Å². The zero-order chi connectivity index (χ0) is 24.0. The predicted octanol–water partition coefficient (Wildman–Crippen LogP) is 8.68. The molecule has 0 aromatic rings. The molecule has 0 bridgehead atoms. The Morgan fingerprint density at radius 2 is 1.61 bits per heavy atom. The predicted molar refractivity (Wildman–Crippen MR) is 138 cm³/mol. The minimum atomic E-state index is -0.0875. The molecular formula is C31H54O2. The third-order valence-corrected chi connectivity index (χ3v) is 12.2. The average molecular weight is 459 g/mol. The maximum atomic E-state index is 11.5. The monoisotopic (exact) mass is 458 g/mol. The van der Waals surface area contributed by atoms with Crippen molar-refractivity contribution in [3.05, 3.63) is 0 Å². The largest absolute Gasteiger partial charge is 0.463 e. The Morgan fingerprint density at radius 1 is 0.909 bits per heavy atom. The van der Waals surface area contributed by atoms with E-state index in [9.17, 15) is 4.79 Å². The van der Waals surface area contributed by atoms with Crippen LogP contribution in [0.25, 0.3) is 0 Å². The highest BCUT2D eigenvalue weighted by Gasteiger charge is 2.60.